The Morgan fingerprint density at radius 3 is 2.18 bits per heavy atom. The van der Waals surface area contributed by atoms with Crippen molar-refractivity contribution in [2.75, 3.05) is 19.5 Å². The van der Waals surface area contributed by atoms with Crippen molar-refractivity contribution < 1.29 is 19.0 Å². The second-order valence-corrected chi connectivity index (χ2v) is 4.67. The molecule has 0 aromatic heterocycles. The van der Waals surface area contributed by atoms with Crippen molar-refractivity contribution >= 4 is 11.7 Å². The van der Waals surface area contributed by atoms with Crippen LogP contribution in [0.4, 0.5) is 5.69 Å². The lowest BCUT2D eigenvalue weighted by Crippen LogP contribution is -2.30. The molecule has 0 saturated heterocycles. The first kappa shape index (κ1) is 15.7. The first-order valence-corrected chi connectivity index (χ1v) is 6.89. The van der Waals surface area contributed by atoms with Crippen LogP contribution in [-0.2, 0) is 4.79 Å². The molecule has 0 amide bonds. The van der Waals surface area contributed by atoms with E-state index in [1.165, 1.54) is 7.11 Å². The maximum Gasteiger partial charge on any atom is 0.333 e. The van der Waals surface area contributed by atoms with Crippen molar-refractivity contribution in [3.8, 4) is 17.2 Å². The topological polar surface area (TPSA) is 56.8 Å². The Bertz CT molecular complexity index is 625. The van der Waals surface area contributed by atoms with Gasteiger partial charge in [-0.15, -0.1) is 0 Å². The number of hydrogen-bond donors (Lipinski definition) is 1. The number of hydrogen-bond acceptors (Lipinski definition) is 5. The molecule has 0 aliphatic rings. The predicted octanol–water partition coefficient (Wildman–Crippen LogP) is 3.11. The number of carbonyl (C=O) groups is 1. The first-order chi connectivity index (χ1) is 10.6. The molecule has 5 heteroatoms. The fraction of sp³-hybridized carbons (Fsp3) is 0.235. The van der Waals surface area contributed by atoms with Gasteiger partial charge in [-0.2, -0.15) is 0 Å². The van der Waals surface area contributed by atoms with E-state index in [0.717, 1.165) is 11.4 Å². The number of anilines is 1. The van der Waals surface area contributed by atoms with Gasteiger partial charge in [0, 0.05) is 5.69 Å². The molecule has 5 nitrogen and oxygen atoms in total. The summed E-state index contributed by atoms with van der Waals surface area (Å²) in [6, 6.07) is 13.8. The van der Waals surface area contributed by atoms with Crippen LogP contribution in [0.1, 0.15) is 6.92 Å². The summed E-state index contributed by atoms with van der Waals surface area (Å²) in [6.45, 7) is 1.74. The lowest BCUT2D eigenvalue weighted by molar-refractivity contribution is -0.134. The second kappa shape index (κ2) is 7.36. The summed E-state index contributed by atoms with van der Waals surface area (Å²) >= 11 is 0. The van der Waals surface area contributed by atoms with Gasteiger partial charge in [-0.1, -0.05) is 12.1 Å². The largest absolute Gasteiger partial charge is 0.497 e. The van der Waals surface area contributed by atoms with E-state index < -0.39 is 6.04 Å². The summed E-state index contributed by atoms with van der Waals surface area (Å²) in [4.78, 5) is 12.1. The van der Waals surface area contributed by atoms with E-state index in [0.29, 0.717) is 11.5 Å². The minimum Gasteiger partial charge on any atom is -0.497 e. The molecular weight excluding hydrogens is 282 g/mol. The third kappa shape index (κ3) is 3.91. The molecule has 0 fully saturated rings. The fourth-order valence-corrected chi connectivity index (χ4v) is 1.90. The molecule has 0 bridgehead atoms. The molecule has 0 aliphatic heterocycles. The van der Waals surface area contributed by atoms with Gasteiger partial charge in [0.05, 0.1) is 14.2 Å². The maximum absolute atomic E-state index is 12.1. The standard InChI is InChI=1S/C17H19NO4/c1-12(18-13-8-10-14(20-2)11-9-13)17(19)22-16-7-5-4-6-15(16)21-3/h4-12,18H,1-3H3. The lowest BCUT2D eigenvalue weighted by Gasteiger charge is -2.15. The van der Waals surface area contributed by atoms with Crippen LogP contribution in [0.15, 0.2) is 48.5 Å². The lowest BCUT2D eigenvalue weighted by atomic mass is 10.2. The zero-order chi connectivity index (χ0) is 15.9. The Morgan fingerprint density at radius 1 is 0.955 bits per heavy atom. The van der Waals surface area contributed by atoms with Crippen molar-refractivity contribution in [3.63, 3.8) is 0 Å². The quantitative estimate of drug-likeness (QED) is 0.656. The molecule has 0 aliphatic carbocycles. The van der Waals surface area contributed by atoms with Crippen LogP contribution in [-0.4, -0.2) is 26.2 Å². The SMILES string of the molecule is COc1ccc(NC(C)C(=O)Oc2ccccc2OC)cc1. The Morgan fingerprint density at radius 2 is 1.59 bits per heavy atom. The molecule has 22 heavy (non-hydrogen) atoms. The summed E-state index contributed by atoms with van der Waals surface area (Å²) in [7, 11) is 3.14. The van der Waals surface area contributed by atoms with E-state index in [2.05, 4.69) is 5.32 Å². The highest BCUT2D eigenvalue weighted by molar-refractivity contribution is 5.81. The number of esters is 1. The third-order valence-electron chi connectivity index (χ3n) is 3.11. The van der Waals surface area contributed by atoms with Crippen LogP contribution >= 0.6 is 0 Å². The minimum absolute atomic E-state index is 0.389. The molecule has 1 N–H and O–H groups in total. The molecule has 116 valence electrons. The minimum atomic E-state index is -0.502. The Kier molecular flexibility index (Phi) is 5.25. The molecule has 1 atom stereocenters. The van der Waals surface area contributed by atoms with Gasteiger partial charge >= 0.3 is 5.97 Å². The van der Waals surface area contributed by atoms with E-state index >= 15 is 0 Å². The maximum atomic E-state index is 12.1. The summed E-state index contributed by atoms with van der Waals surface area (Å²) in [6.07, 6.45) is 0. The fourth-order valence-electron chi connectivity index (χ4n) is 1.90. The number of rotatable bonds is 6. The molecule has 2 aromatic carbocycles. The normalized spacial score (nSPS) is 11.4. The van der Waals surface area contributed by atoms with Gasteiger partial charge in [0.2, 0.25) is 0 Å². The van der Waals surface area contributed by atoms with Gasteiger partial charge in [0.15, 0.2) is 11.5 Å². The highest BCUT2D eigenvalue weighted by Crippen LogP contribution is 2.26. The smallest absolute Gasteiger partial charge is 0.333 e. The monoisotopic (exact) mass is 301 g/mol. The Labute approximate surface area is 129 Å². The molecule has 2 rings (SSSR count). The second-order valence-electron chi connectivity index (χ2n) is 4.67. The number of carbonyl (C=O) groups excluding carboxylic acids is 1. The van der Waals surface area contributed by atoms with Crippen LogP contribution in [0.5, 0.6) is 17.2 Å². The number of ether oxygens (including phenoxy) is 3. The Balaban J connectivity index is 1.99. The molecular formula is C17H19NO4. The van der Waals surface area contributed by atoms with Crippen LogP contribution in [0, 0.1) is 0 Å². The van der Waals surface area contributed by atoms with Gasteiger partial charge in [0.25, 0.3) is 0 Å². The average Bonchev–Trinajstić information content (AvgIpc) is 2.56. The highest BCUT2D eigenvalue weighted by Gasteiger charge is 2.17. The van der Waals surface area contributed by atoms with Gasteiger partial charge in [0.1, 0.15) is 11.8 Å². The summed E-state index contributed by atoms with van der Waals surface area (Å²) < 4.78 is 15.6. The highest BCUT2D eigenvalue weighted by atomic mass is 16.6. The van der Waals surface area contributed by atoms with E-state index in [-0.39, 0.29) is 5.97 Å². The number of methoxy groups -OCH3 is 2. The van der Waals surface area contributed by atoms with E-state index in [1.54, 1.807) is 32.2 Å². The Hall–Kier alpha value is -2.69. The van der Waals surface area contributed by atoms with Crippen LogP contribution < -0.4 is 19.5 Å². The molecule has 2 aromatic rings. The number of nitrogens with one attached hydrogen (secondary N) is 1. The van der Waals surface area contributed by atoms with E-state index in [4.69, 9.17) is 14.2 Å². The third-order valence-corrected chi connectivity index (χ3v) is 3.11. The van der Waals surface area contributed by atoms with Gasteiger partial charge in [-0.05, 0) is 43.3 Å². The van der Waals surface area contributed by atoms with Crippen molar-refractivity contribution in [1.29, 1.82) is 0 Å². The van der Waals surface area contributed by atoms with Gasteiger partial charge < -0.3 is 19.5 Å². The predicted molar refractivity (Wildman–Crippen MR) is 84.7 cm³/mol. The van der Waals surface area contributed by atoms with Gasteiger partial charge in [-0.25, -0.2) is 4.79 Å². The average molecular weight is 301 g/mol. The van der Waals surface area contributed by atoms with E-state index in [9.17, 15) is 4.79 Å². The summed E-state index contributed by atoms with van der Waals surface area (Å²) in [5.41, 5.74) is 0.810. The molecule has 1 unspecified atom stereocenters. The molecule has 0 saturated carbocycles. The molecule has 0 radical (unpaired) electrons. The van der Waals surface area contributed by atoms with Crippen LogP contribution in [0.3, 0.4) is 0 Å². The first-order valence-electron chi connectivity index (χ1n) is 6.89. The molecule has 0 heterocycles. The summed E-state index contributed by atoms with van der Waals surface area (Å²) in [5.74, 6) is 1.29. The van der Waals surface area contributed by atoms with Gasteiger partial charge in [-0.3, -0.25) is 0 Å². The van der Waals surface area contributed by atoms with Crippen LogP contribution in [0.25, 0.3) is 0 Å². The zero-order valence-electron chi connectivity index (χ0n) is 12.8. The molecule has 0 spiro atoms. The van der Waals surface area contributed by atoms with E-state index in [1.807, 2.05) is 30.3 Å². The number of para-hydroxylation sites is 2. The summed E-state index contributed by atoms with van der Waals surface area (Å²) in [5, 5.41) is 3.08. The van der Waals surface area contributed by atoms with Crippen molar-refractivity contribution in [2.45, 2.75) is 13.0 Å². The number of benzene rings is 2. The van der Waals surface area contributed by atoms with Crippen molar-refractivity contribution in [2.24, 2.45) is 0 Å². The van der Waals surface area contributed by atoms with Crippen molar-refractivity contribution in [3.05, 3.63) is 48.5 Å². The zero-order valence-corrected chi connectivity index (χ0v) is 12.8. The van der Waals surface area contributed by atoms with Crippen LogP contribution in [0.2, 0.25) is 0 Å². The van der Waals surface area contributed by atoms with Crippen molar-refractivity contribution in [1.82, 2.24) is 0 Å².